The van der Waals surface area contributed by atoms with Gasteiger partial charge in [-0.25, -0.2) is 0 Å². The Bertz CT molecular complexity index is 180. The zero-order valence-electron chi connectivity index (χ0n) is 13.4. The van der Waals surface area contributed by atoms with Crippen LogP contribution in [0, 0.1) is 29.1 Å². The summed E-state index contributed by atoms with van der Waals surface area (Å²) in [5.41, 5.74) is 0.686. The van der Waals surface area contributed by atoms with Crippen LogP contribution in [0.4, 0.5) is 0 Å². The molecule has 3 aliphatic rings. The van der Waals surface area contributed by atoms with Crippen molar-refractivity contribution in [3.05, 3.63) is 0 Å². The van der Waals surface area contributed by atoms with E-state index in [0.717, 1.165) is 23.7 Å². The molecule has 3 fully saturated rings. The van der Waals surface area contributed by atoms with Crippen LogP contribution in [0.5, 0.6) is 0 Å². The Hall–Kier alpha value is 1.17. The van der Waals surface area contributed by atoms with Gasteiger partial charge in [0.15, 0.2) is 0 Å². The molecule has 0 N–H and O–H groups in total. The van der Waals surface area contributed by atoms with E-state index < -0.39 is 0 Å². The number of fused-ring (bicyclic) bond motifs is 2. The molecule has 0 heterocycles. The fourth-order valence-electron chi connectivity index (χ4n) is 3.41. The molecule has 4 radical (unpaired) electrons. The summed E-state index contributed by atoms with van der Waals surface area (Å²) in [6, 6.07) is 0. The van der Waals surface area contributed by atoms with Gasteiger partial charge in [0, 0.05) is 41.1 Å². The molecule has 0 aromatic rings. The van der Waals surface area contributed by atoms with Gasteiger partial charge < -0.3 is 0 Å². The Balaban J connectivity index is -0.000000299. The first-order valence-electron chi connectivity index (χ1n) is 7.03. The first-order chi connectivity index (χ1) is 7.03. The van der Waals surface area contributed by atoms with Crippen molar-refractivity contribution in [1.82, 2.24) is 0 Å². The fraction of sp³-hybridized carbons (Fsp3) is 1.00. The number of hydrogen-bond donors (Lipinski definition) is 0. The quantitative estimate of drug-likeness (QED) is 0.553. The average molecular weight is 312 g/mol. The standard InChI is InChI=1S/C11H20.2C2H6.B.Y/c1-7-5-9-6-10(8(7)2)11(9,3)4;2*1-2;;/h7-10H,5-6H2,1-4H3;2*1-2H3;;. The third kappa shape index (κ3) is 4.64. The fourth-order valence-corrected chi connectivity index (χ4v) is 3.41. The predicted molar refractivity (Wildman–Crippen MR) is 76.8 cm³/mol. The Morgan fingerprint density at radius 1 is 0.882 bits per heavy atom. The Kier molecular flexibility index (Phi) is 13.7. The molecule has 98 valence electrons. The van der Waals surface area contributed by atoms with Crippen LogP contribution < -0.4 is 0 Å². The summed E-state index contributed by atoms with van der Waals surface area (Å²) in [5.74, 6) is 4.07. The van der Waals surface area contributed by atoms with Gasteiger partial charge in [0.05, 0.1) is 0 Å². The van der Waals surface area contributed by atoms with E-state index in [1.54, 1.807) is 0 Å². The van der Waals surface area contributed by atoms with Gasteiger partial charge in [-0.2, -0.15) is 0 Å². The average Bonchev–Trinajstić information content (AvgIpc) is 2.27. The second-order valence-corrected chi connectivity index (χ2v) is 5.43. The van der Waals surface area contributed by atoms with Crippen LogP contribution >= 0.6 is 0 Å². The Morgan fingerprint density at radius 2 is 1.29 bits per heavy atom. The summed E-state index contributed by atoms with van der Waals surface area (Å²) in [6.07, 6.45) is 3.02. The van der Waals surface area contributed by atoms with Crippen molar-refractivity contribution >= 4 is 8.41 Å². The van der Waals surface area contributed by atoms with E-state index in [1.165, 1.54) is 12.8 Å². The second kappa shape index (κ2) is 10.0. The van der Waals surface area contributed by atoms with E-state index in [4.69, 9.17) is 0 Å². The maximum Gasteiger partial charge on any atom is 0 e. The van der Waals surface area contributed by atoms with Crippen LogP contribution in [0.2, 0.25) is 0 Å². The molecule has 0 aliphatic heterocycles. The van der Waals surface area contributed by atoms with Crippen molar-refractivity contribution in [2.75, 3.05) is 0 Å². The SMILES string of the molecule is CC.CC.CC1CC2CC(C1C)C2(C)C.[B].[Y]. The van der Waals surface area contributed by atoms with Crippen molar-refractivity contribution in [3.63, 3.8) is 0 Å². The zero-order valence-corrected chi connectivity index (χ0v) is 16.2. The molecule has 2 heteroatoms. The molecule has 0 nitrogen and oxygen atoms in total. The molecule has 0 amide bonds. The molecule has 4 atom stereocenters. The predicted octanol–water partition coefficient (Wildman–Crippen LogP) is 4.99. The third-order valence-electron chi connectivity index (χ3n) is 4.73. The van der Waals surface area contributed by atoms with Gasteiger partial charge in [-0.05, 0) is 41.9 Å². The first-order valence-corrected chi connectivity index (χ1v) is 7.03. The van der Waals surface area contributed by atoms with E-state index in [2.05, 4.69) is 27.7 Å². The van der Waals surface area contributed by atoms with Gasteiger partial charge in [-0.15, -0.1) is 0 Å². The third-order valence-corrected chi connectivity index (χ3v) is 4.73. The van der Waals surface area contributed by atoms with E-state index in [-0.39, 0.29) is 41.1 Å². The van der Waals surface area contributed by atoms with Crippen molar-refractivity contribution in [3.8, 4) is 0 Å². The molecule has 3 rings (SSSR count). The summed E-state index contributed by atoms with van der Waals surface area (Å²) < 4.78 is 0. The molecule has 17 heavy (non-hydrogen) atoms. The van der Waals surface area contributed by atoms with Crippen LogP contribution in [-0.2, 0) is 32.7 Å². The summed E-state index contributed by atoms with van der Waals surface area (Å²) in [5, 5.41) is 0. The largest absolute Gasteiger partial charge is 0.0683 e. The van der Waals surface area contributed by atoms with Gasteiger partial charge in [0.1, 0.15) is 0 Å². The van der Waals surface area contributed by atoms with Crippen LogP contribution in [0.3, 0.4) is 0 Å². The van der Waals surface area contributed by atoms with Crippen LogP contribution in [0.15, 0.2) is 0 Å². The van der Waals surface area contributed by atoms with Crippen molar-refractivity contribution in [1.29, 1.82) is 0 Å². The molecule has 0 saturated heterocycles. The van der Waals surface area contributed by atoms with E-state index in [0.29, 0.717) is 5.41 Å². The van der Waals surface area contributed by atoms with Crippen molar-refractivity contribution in [2.24, 2.45) is 29.1 Å². The van der Waals surface area contributed by atoms with Crippen molar-refractivity contribution in [2.45, 2.75) is 68.2 Å². The minimum Gasteiger partial charge on any atom is -0.0683 e. The molecule has 0 aromatic carbocycles. The second-order valence-electron chi connectivity index (χ2n) is 5.43. The number of rotatable bonds is 0. The number of hydrogen-bond acceptors (Lipinski definition) is 0. The van der Waals surface area contributed by atoms with Crippen LogP contribution in [0.25, 0.3) is 0 Å². The monoisotopic (exact) mass is 312 g/mol. The van der Waals surface area contributed by atoms with E-state index in [1.807, 2.05) is 27.7 Å². The minimum absolute atomic E-state index is 0. The Morgan fingerprint density at radius 3 is 1.53 bits per heavy atom. The van der Waals surface area contributed by atoms with Crippen LogP contribution in [0.1, 0.15) is 68.2 Å². The topological polar surface area (TPSA) is 0 Å². The Labute approximate surface area is 138 Å². The van der Waals surface area contributed by atoms with Gasteiger partial charge >= 0.3 is 0 Å². The maximum atomic E-state index is 2.47. The van der Waals surface area contributed by atoms with E-state index >= 15 is 0 Å². The molecule has 3 aliphatic carbocycles. The maximum absolute atomic E-state index is 2.47. The van der Waals surface area contributed by atoms with Gasteiger partial charge in [0.2, 0.25) is 0 Å². The molecule has 2 bridgehead atoms. The summed E-state index contributed by atoms with van der Waals surface area (Å²) in [6.45, 7) is 17.8. The normalized spacial score (nSPS) is 35.3. The first kappa shape index (κ1) is 23.3. The zero-order chi connectivity index (χ0) is 12.2. The molecule has 0 aromatic heterocycles. The smallest absolute Gasteiger partial charge is 0 e. The van der Waals surface area contributed by atoms with Crippen LogP contribution in [-0.4, -0.2) is 8.41 Å². The molecule has 3 saturated carbocycles. The molecular weight excluding hydrogens is 280 g/mol. The van der Waals surface area contributed by atoms with Gasteiger partial charge in [-0.1, -0.05) is 55.4 Å². The minimum atomic E-state index is 0. The molecule has 0 spiro atoms. The molecular formula is C15H32BY. The van der Waals surface area contributed by atoms with Crippen molar-refractivity contribution < 1.29 is 32.7 Å². The van der Waals surface area contributed by atoms with Gasteiger partial charge in [-0.3, -0.25) is 0 Å². The summed E-state index contributed by atoms with van der Waals surface area (Å²) in [4.78, 5) is 0. The van der Waals surface area contributed by atoms with Gasteiger partial charge in [0.25, 0.3) is 0 Å². The summed E-state index contributed by atoms with van der Waals surface area (Å²) >= 11 is 0. The van der Waals surface area contributed by atoms with E-state index in [9.17, 15) is 0 Å². The summed E-state index contributed by atoms with van der Waals surface area (Å²) in [7, 11) is 0. The molecule has 4 unspecified atom stereocenters.